The van der Waals surface area contributed by atoms with Crippen molar-refractivity contribution < 1.29 is 27.1 Å². The zero-order valence-electron chi connectivity index (χ0n) is 18.9. The molecular formula is C26H22FNO5S2. The molecular weight excluding hydrogens is 489 g/mol. The molecule has 3 heterocycles. The van der Waals surface area contributed by atoms with Crippen LogP contribution in [0.25, 0.3) is 27.7 Å². The second-order valence-corrected chi connectivity index (χ2v) is 11.8. The second kappa shape index (κ2) is 9.05. The Balaban J connectivity index is 1.58. The zero-order valence-corrected chi connectivity index (χ0v) is 20.5. The molecule has 0 radical (unpaired) electrons. The van der Waals surface area contributed by atoms with Crippen LogP contribution < -0.4 is 0 Å². The van der Waals surface area contributed by atoms with Gasteiger partial charge in [-0.1, -0.05) is 12.1 Å². The number of hydrogen-bond donors (Lipinski definition) is 0. The van der Waals surface area contributed by atoms with Gasteiger partial charge >= 0.3 is 5.97 Å². The van der Waals surface area contributed by atoms with E-state index >= 15 is 0 Å². The van der Waals surface area contributed by atoms with Crippen LogP contribution in [0.2, 0.25) is 0 Å². The number of methoxy groups -OCH3 is 1. The standard InChI is InChI=1S/C26H22FNO5S2/c1-33-26(30)25-12-18(14-34-25)22-13-28(20-5-3-19(27)4-6-20)23-11-17(2-7-21(22)23)24(29)10-16-8-9-35(31,32)15-16/h2-7,11-14,16H,8-10,15H2,1H3. The minimum atomic E-state index is -3.06. The highest BCUT2D eigenvalue weighted by Gasteiger charge is 2.30. The lowest BCUT2D eigenvalue weighted by Crippen LogP contribution is -2.10. The molecule has 0 bridgehead atoms. The summed E-state index contributed by atoms with van der Waals surface area (Å²) in [6, 6.07) is 13.2. The molecule has 1 aliphatic rings. The minimum absolute atomic E-state index is 0.0533. The third-order valence-corrected chi connectivity index (χ3v) is 9.08. The van der Waals surface area contributed by atoms with Crippen LogP contribution in [-0.2, 0) is 14.6 Å². The molecule has 5 rings (SSSR count). The molecule has 6 nitrogen and oxygen atoms in total. The summed E-state index contributed by atoms with van der Waals surface area (Å²) >= 11 is 1.28. The van der Waals surface area contributed by atoms with Gasteiger partial charge < -0.3 is 9.30 Å². The molecule has 0 amide bonds. The van der Waals surface area contributed by atoms with Crippen LogP contribution in [0.5, 0.6) is 0 Å². The van der Waals surface area contributed by atoms with Crippen LogP contribution in [0.15, 0.2) is 60.1 Å². The lowest BCUT2D eigenvalue weighted by Gasteiger charge is -2.09. The van der Waals surface area contributed by atoms with Crippen molar-refractivity contribution in [1.29, 1.82) is 0 Å². The van der Waals surface area contributed by atoms with E-state index < -0.39 is 15.8 Å². The summed E-state index contributed by atoms with van der Waals surface area (Å²) in [6.45, 7) is 0. The number of carbonyl (C=O) groups is 2. The van der Waals surface area contributed by atoms with E-state index in [1.165, 1.54) is 30.6 Å². The van der Waals surface area contributed by atoms with Crippen LogP contribution in [0, 0.1) is 11.7 Å². The van der Waals surface area contributed by atoms with Gasteiger partial charge in [-0.2, -0.15) is 0 Å². The van der Waals surface area contributed by atoms with E-state index in [2.05, 4.69) is 0 Å². The van der Waals surface area contributed by atoms with Crippen molar-refractivity contribution in [1.82, 2.24) is 4.57 Å². The highest BCUT2D eigenvalue weighted by atomic mass is 32.2. The first kappa shape index (κ1) is 23.4. The number of benzene rings is 2. The molecule has 180 valence electrons. The third-order valence-electron chi connectivity index (χ3n) is 6.33. The minimum Gasteiger partial charge on any atom is -0.465 e. The van der Waals surface area contributed by atoms with Crippen molar-refractivity contribution in [2.45, 2.75) is 12.8 Å². The second-order valence-electron chi connectivity index (χ2n) is 8.71. The van der Waals surface area contributed by atoms with Crippen molar-refractivity contribution >= 4 is 43.8 Å². The number of esters is 1. The van der Waals surface area contributed by atoms with Crippen molar-refractivity contribution in [3.63, 3.8) is 0 Å². The number of rotatable bonds is 6. The van der Waals surface area contributed by atoms with E-state index in [4.69, 9.17) is 4.74 Å². The number of ether oxygens (including phenoxy) is 1. The van der Waals surface area contributed by atoms with Gasteiger partial charge in [-0.25, -0.2) is 17.6 Å². The molecule has 1 saturated heterocycles. The van der Waals surface area contributed by atoms with Crippen LogP contribution in [0.3, 0.4) is 0 Å². The molecule has 1 unspecified atom stereocenters. The normalized spacial score (nSPS) is 17.0. The fraction of sp³-hybridized carbons (Fsp3) is 0.231. The van der Waals surface area contributed by atoms with Gasteiger partial charge in [0.05, 0.1) is 24.1 Å². The van der Waals surface area contributed by atoms with Gasteiger partial charge in [-0.05, 0) is 59.7 Å². The van der Waals surface area contributed by atoms with Crippen molar-refractivity contribution in [2.24, 2.45) is 5.92 Å². The summed E-state index contributed by atoms with van der Waals surface area (Å²) < 4.78 is 43.9. The summed E-state index contributed by atoms with van der Waals surface area (Å²) in [5, 5.41) is 2.74. The molecule has 0 N–H and O–H groups in total. The Morgan fingerprint density at radius 3 is 2.60 bits per heavy atom. The number of sulfone groups is 1. The van der Waals surface area contributed by atoms with E-state index in [0.29, 0.717) is 16.9 Å². The summed E-state index contributed by atoms with van der Waals surface area (Å²) in [6.07, 6.45) is 2.59. The number of hydrogen-bond acceptors (Lipinski definition) is 6. The van der Waals surface area contributed by atoms with Gasteiger partial charge in [0.1, 0.15) is 10.7 Å². The quantitative estimate of drug-likeness (QED) is 0.259. The smallest absolute Gasteiger partial charge is 0.348 e. The van der Waals surface area contributed by atoms with Gasteiger partial charge in [-0.15, -0.1) is 11.3 Å². The van der Waals surface area contributed by atoms with Crippen molar-refractivity contribution in [2.75, 3.05) is 18.6 Å². The monoisotopic (exact) mass is 511 g/mol. The molecule has 35 heavy (non-hydrogen) atoms. The first-order valence-corrected chi connectivity index (χ1v) is 13.8. The van der Waals surface area contributed by atoms with Crippen LogP contribution in [-0.4, -0.2) is 43.4 Å². The van der Waals surface area contributed by atoms with E-state index in [-0.39, 0.29) is 35.4 Å². The number of thiophene rings is 1. The van der Waals surface area contributed by atoms with Crippen molar-refractivity contribution in [3.8, 4) is 16.8 Å². The number of ketones is 1. The number of aromatic nitrogens is 1. The highest BCUT2D eigenvalue weighted by molar-refractivity contribution is 7.91. The molecule has 1 atom stereocenters. The molecule has 1 fully saturated rings. The van der Waals surface area contributed by atoms with E-state index in [0.717, 1.165) is 27.7 Å². The van der Waals surface area contributed by atoms with E-state index in [1.54, 1.807) is 30.3 Å². The van der Waals surface area contributed by atoms with Gasteiger partial charge in [0, 0.05) is 34.8 Å². The summed E-state index contributed by atoms with van der Waals surface area (Å²) in [4.78, 5) is 25.5. The Hall–Kier alpha value is -3.30. The predicted octanol–water partition coefficient (Wildman–Crippen LogP) is 5.29. The Morgan fingerprint density at radius 1 is 1.14 bits per heavy atom. The lowest BCUT2D eigenvalue weighted by atomic mass is 9.96. The molecule has 0 saturated carbocycles. The average molecular weight is 512 g/mol. The average Bonchev–Trinajstić information content (AvgIpc) is 3.55. The molecule has 2 aromatic carbocycles. The predicted molar refractivity (Wildman–Crippen MR) is 134 cm³/mol. The molecule has 1 aliphatic heterocycles. The largest absolute Gasteiger partial charge is 0.465 e. The first-order chi connectivity index (χ1) is 16.7. The Morgan fingerprint density at radius 2 is 1.91 bits per heavy atom. The van der Waals surface area contributed by atoms with Crippen LogP contribution in [0.4, 0.5) is 4.39 Å². The summed E-state index contributed by atoms with van der Waals surface area (Å²) in [5.74, 6) is -0.845. The highest BCUT2D eigenvalue weighted by Crippen LogP contribution is 2.36. The SMILES string of the molecule is COC(=O)c1cc(-c2cn(-c3ccc(F)cc3)c3cc(C(=O)CC4CCS(=O)(=O)C4)ccc23)cs1. The van der Waals surface area contributed by atoms with Gasteiger partial charge in [0.25, 0.3) is 0 Å². The molecule has 4 aromatic rings. The van der Waals surface area contributed by atoms with Crippen LogP contribution in [0.1, 0.15) is 32.9 Å². The fourth-order valence-corrected chi connectivity index (χ4v) is 7.23. The van der Waals surface area contributed by atoms with Crippen molar-refractivity contribution in [3.05, 3.63) is 76.4 Å². The molecule has 0 spiro atoms. The number of carbonyl (C=O) groups excluding carboxylic acids is 2. The number of halogens is 1. The topological polar surface area (TPSA) is 82.4 Å². The Bertz CT molecular complexity index is 1550. The summed E-state index contributed by atoms with van der Waals surface area (Å²) in [7, 11) is -1.72. The number of Topliss-reactive ketones (excluding diaryl/α,β-unsaturated/α-hetero) is 1. The van der Waals surface area contributed by atoms with Gasteiger partial charge in [0.15, 0.2) is 15.6 Å². The number of fused-ring (bicyclic) bond motifs is 1. The number of nitrogens with zero attached hydrogens (tertiary/aromatic N) is 1. The molecule has 0 aliphatic carbocycles. The van der Waals surface area contributed by atoms with Crippen LogP contribution >= 0.6 is 11.3 Å². The molecule has 2 aromatic heterocycles. The Labute approximate surface area is 205 Å². The molecule has 9 heteroatoms. The fourth-order valence-electron chi connectivity index (χ4n) is 4.54. The Kier molecular flexibility index (Phi) is 6.06. The lowest BCUT2D eigenvalue weighted by molar-refractivity contribution is 0.0606. The zero-order chi connectivity index (χ0) is 24.7. The van der Waals surface area contributed by atoms with E-state index in [1.807, 2.05) is 22.2 Å². The van der Waals surface area contributed by atoms with Gasteiger partial charge in [-0.3, -0.25) is 4.79 Å². The first-order valence-electron chi connectivity index (χ1n) is 11.1. The van der Waals surface area contributed by atoms with Gasteiger partial charge in [0.2, 0.25) is 0 Å². The maximum Gasteiger partial charge on any atom is 0.348 e. The summed E-state index contributed by atoms with van der Waals surface area (Å²) in [5.41, 5.74) is 3.66. The maximum atomic E-state index is 13.6. The van der Waals surface area contributed by atoms with E-state index in [9.17, 15) is 22.4 Å². The maximum absolute atomic E-state index is 13.6. The third kappa shape index (κ3) is 4.66.